The molecule has 0 aliphatic carbocycles. The van der Waals surface area contributed by atoms with Crippen LogP contribution in [0, 0.1) is 0 Å². The summed E-state index contributed by atoms with van der Waals surface area (Å²) in [5.41, 5.74) is 0.643. The van der Waals surface area contributed by atoms with E-state index >= 15 is 0 Å². The number of nitrogens with one attached hydrogen (secondary N) is 2. The van der Waals surface area contributed by atoms with Crippen LogP contribution in [0.15, 0.2) is 60.7 Å². The Morgan fingerprint density at radius 1 is 0.607 bits per heavy atom. The molecule has 0 heterocycles. The fourth-order valence-electron chi connectivity index (χ4n) is 1.97. The number of carbonyl (C=O) groups excluding carboxylic acids is 5. The van der Waals surface area contributed by atoms with Gasteiger partial charge in [0, 0.05) is 11.1 Å². The maximum atomic E-state index is 11.7. The number of hydrogen-bond donors (Lipinski definition) is 2. The molecule has 0 saturated carbocycles. The minimum atomic E-state index is -1.56. The maximum Gasteiger partial charge on any atom is 0.524 e. The van der Waals surface area contributed by atoms with Gasteiger partial charge < -0.3 is 20.1 Å². The van der Waals surface area contributed by atoms with Crippen molar-refractivity contribution in [1.29, 1.82) is 0 Å². The van der Waals surface area contributed by atoms with Gasteiger partial charge in [0.1, 0.15) is 13.1 Å². The number of benzene rings is 2. The first-order chi connectivity index (χ1) is 13.5. The number of rotatable bonds is 6. The second-order valence-electron chi connectivity index (χ2n) is 5.30. The SMILES string of the molecule is O=C(CNC(=O)c1ccccc1)OC(=O)OC(=O)CNC(=O)c1ccccc1. The Balaban J connectivity index is 1.68. The van der Waals surface area contributed by atoms with Crippen molar-refractivity contribution in [2.24, 2.45) is 0 Å². The van der Waals surface area contributed by atoms with Crippen LogP contribution in [0.1, 0.15) is 20.7 Å². The van der Waals surface area contributed by atoms with Crippen molar-refractivity contribution in [2.75, 3.05) is 13.1 Å². The van der Waals surface area contributed by atoms with Crippen LogP contribution >= 0.6 is 0 Å². The molecule has 2 rings (SSSR count). The van der Waals surface area contributed by atoms with Crippen molar-refractivity contribution in [3.63, 3.8) is 0 Å². The van der Waals surface area contributed by atoms with E-state index < -0.39 is 43.0 Å². The number of esters is 2. The number of amides is 2. The van der Waals surface area contributed by atoms with Gasteiger partial charge >= 0.3 is 18.1 Å². The van der Waals surface area contributed by atoms with Gasteiger partial charge in [-0.1, -0.05) is 36.4 Å². The largest absolute Gasteiger partial charge is 0.524 e. The molecule has 0 saturated heterocycles. The van der Waals surface area contributed by atoms with Gasteiger partial charge in [-0.05, 0) is 24.3 Å². The van der Waals surface area contributed by atoms with E-state index in [-0.39, 0.29) is 0 Å². The first kappa shape index (κ1) is 20.3. The van der Waals surface area contributed by atoms with E-state index in [4.69, 9.17) is 0 Å². The molecular formula is C19H16N2O7. The van der Waals surface area contributed by atoms with Crippen molar-refractivity contribution in [3.8, 4) is 0 Å². The Hall–Kier alpha value is -4.01. The van der Waals surface area contributed by atoms with E-state index in [9.17, 15) is 24.0 Å². The summed E-state index contributed by atoms with van der Waals surface area (Å²) in [7, 11) is 0. The molecule has 0 aliphatic heterocycles. The predicted molar refractivity (Wildman–Crippen MR) is 95.1 cm³/mol. The summed E-state index contributed by atoms with van der Waals surface area (Å²) in [6.07, 6.45) is -1.56. The molecule has 2 N–H and O–H groups in total. The number of carbonyl (C=O) groups is 5. The average molecular weight is 384 g/mol. The van der Waals surface area contributed by atoms with Crippen LogP contribution in [-0.4, -0.2) is 43.0 Å². The molecule has 2 amide bonds. The summed E-state index contributed by atoms with van der Waals surface area (Å²) in [6.45, 7) is -1.19. The van der Waals surface area contributed by atoms with Crippen LogP contribution in [0.4, 0.5) is 4.79 Å². The third kappa shape index (κ3) is 6.71. The monoisotopic (exact) mass is 384 g/mol. The minimum absolute atomic E-state index is 0.321. The van der Waals surface area contributed by atoms with Gasteiger partial charge in [0.15, 0.2) is 0 Å². The Morgan fingerprint density at radius 3 is 1.32 bits per heavy atom. The fraction of sp³-hybridized carbons (Fsp3) is 0.105. The highest BCUT2D eigenvalue weighted by atomic mass is 16.8. The summed E-state index contributed by atoms with van der Waals surface area (Å²) in [5, 5.41) is 4.50. The highest BCUT2D eigenvalue weighted by Crippen LogP contribution is 1.99. The Bertz CT molecular complexity index is 795. The van der Waals surface area contributed by atoms with Gasteiger partial charge in [0.05, 0.1) is 0 Å². The number of ether oxygens (including phenoxy) is 2. The molecule has 0 unspecified atom stereocenters. The summed E-state index contributed by atoms with van der Waals surface area (Å²) in [6, 6.07) is 16.2. The van der Waals surface area contributed by atoms with E-state index in [0.29, 0.717) is 11.1 Å². The quantitative estimate of drug-likeness (QED) is 0.563. The summed E-state index contributed by atoms with van der Waals surface area (Å²) in [5.74, 6) is -3.30. The highest BCUT2D eigenvalue weighted by molar-refractivity contribution is 5.98. The molecule has 0 bridgehead atoms. The van der Waals surface area contributed by atoms with Crippen LogP contribution in [-0.2, 0) is 19.1 Å². The van der Waals surface area contributed by atoms with Gasteiger partial charge in [0.25, 0.3) is 11.8 Å². The summed E-state index contributed by atoms with van der Waals surface area (Å²) in [4.78, 5) is 57.9. The molecule has 2 aromatic rings. The normalized spacial score (nSPS) is 9.71. The molecule has 0 aliphatic rings. The second-order valence-corrected chi connectivity index (χ2v) is 5.30. The molecule has 9 nitrogen and oxygen atoms in total. The molecule has 0 aromatic heterocycles. The Morgan fingerprint density at radius 2 is 0.964 bits per heavy atom. The van der Waals surface area contributed by atoms with Gasteiger partial charge in [-0.3, -0.25) is 9.59 Å². The Labute approximate surface area is 159 Å². The number of hydrogen-bond acceptors (Lipinski definition) is 7. The molecule has 9 heteroatoms. The van der Waals surface area contributed by atoms with E-state index in [1.165, 1.54) is 24.3 Å². The first-order valence-electron chi connectivity index (χ1n) is 8.07. The topological polar surface area (TPSA) is 128 Å². The Kier molecular flexibility index (Phi) is 7.41. The zero-order chi connectivity index (χ0) is 20.4. The van der Waals surface area contributed by atoms with Crippen LogP contribution in [0.3, 0.4) is 0 Å². The van der Waals surface area contributed by atoms with Crippen LogP contribution in [0.5, 0.6) is 0 Å². The zero-order valence-electron chi connectivity index (χ0n) is 14.5. The summed E-state index contributed by atoms with van der Waals surface area (Å²) >= 11 is 0. The van der Waals surface area contributed by atoms with Gasteiger partial charge in [0.2, 0.25) is 0 Å². The van der Waals surface area contributed by atoms with E-state index in [1.807, 2.05) is 0 Å². The van der Waals surface area contributed by atoms with Crippen LogP contribution < -0.4 is 10.6 Å². The lowest BCUT2D eigenvalue weighted by molar-refractivity contribution is -0.145. The van der Waals surface area contributed by atoms with E-state index in [1.54, 1.807) is 36.4 Å². The third-order valence-corrected chi connectivity index (χ3v) is 3.25. The van der Waals surface area contributed by atoms with Crippen molar-refractivity contribution in [2.45, 2.75) is 0 Å². The fourth-order valence-corrected chi connectivity index (χ4v) is 1.97. The van der Waals surface area contributed by atoms with Crippen molar-refractivity contribution in [1.82, 2.24) is 10.6 Å². The predicted octanol–water partition coefficient (Wildman–Crippen LogP) is 1.05. The molecule has 0 fully saturated rings. The lowest BCUT2D eigenvalue weighted by Gasteiger charge is -2.06. The van der Waals surface area contributed by atoms with Gasteiger partial charge in [-0.2, -0.15) is 0 Å². The van der Waals surface area contributed by atoms with Gasteiger partial charge in [-0.25, -0.2) is 14.4 Å². The summed E-state index contributed by atoms with van der Waals surface area (Å²) < 4.78 is 8.50. The molecule has 0 atom stereocenters. The van der Waals surface area contributed by atoms with Crippen LogP contribution in [0.25, 0.3) is 0 Å². The van der Waals surface area contributed by atoms with Gasteiger partial charge in [-0.15, -0.1) is 0 Å². The minimum Gasteiger partial charge on any atom is -0.359 e. The second kappa shape index (κ2) is 10.2. The molecule has 2 aromatic carbocycles. The van der Waals surface area contributed by atoms with E-state index in [0.717, 1.165) is 0 Å². The molecular weight excluding hydrogens is 368 g/mol. The van der Waals surface area contributed by atoms with Crippen LogP contribution in [0.2, 0.25) is 0 Å². The molecule has 144 valence electrons. The smallest absolute Gasteiger partial charge is 0.359 e. The molecule has 0 radical (unpaired) electrons. The molecule has 28 heavy (non-hydrogen) atoms. The standard InChI is InChI=1S/C19H16N2O7/c22-15(11-20-17(24)13-7-3-1-4-8-13)27-19(26)28-16(23)12-21-18(25)14-9-5-2-6-10-14/h1-10H,11-12H2,(H,20,24)(H,21,25). The van der Waals surface area contributed by atoms with Crippen molar-refractivity contribution < 1.29 is 33.4 Å². The van der Waals surface area contributed by atoms with Crippen molar-refractivity contribution >= 4 is 29.9 Å². The lowest BCUT2D eigenvalue weighted by atomic mass is 10.2. The van der Waals surface area contributed by atoms with Crippen molar-refractivity contribution in [3.05, 3.63) is 71.8 Å². The third-order valence-electron chi connectivity index (χ3n) is 3.25. The van der Waals surface area contributed by atoms with E-state index in [2.05, 4.69) is 20.1 Å². The highest BCUT2D eigenvalue weighted by Gasteiger charge is 2.18. The lowest BCUT2D eigenvalue weighted by Crippen LogP contribution is -2.34. The maximum absolute atomic E-state index is 11.7. The zero-order valence-corrected chi connectivity index (χ0v) is 14.5. The molecule has 0 spiro atoms. The first-order valence-corrected chi connectivity index (χ1v) is 8.07. The average Bonchev–Trinajstić information content (AvgIpc) is 2.71.